The molecule has 0 atom stereocenters. The molecule has 5 heteroatoms. The molecule has 0 unspecified atom stereocenters. The normalized spacial score (nSPS) is 24.7. The van der Waals surface area contributed by atoms with Gasteiger partial charge in [-0.25, -0.2) is 4.98 Å². The largest absolute Gasteiger partial charge is 0.474 e. The smallest absolute Gasteiger partial charge is 0.253 e. The summed E-state index contributed by atoms with van der Waals surface area (Å²) in [7, 11) is 0. The summed E-state index contributed by atoms with van der Waals surface area (Å²) in [6, 6.07) is 3.83. The van der Waals surface area contributed by atoms with Crippen LogP contribution in [0.2, 0.25) is 0 Å². The lowest BCUT2D eigenvalue weighted by Gasteiger charge is -2.28. The molecule has 132 valence electrons. The number of amides is 1. The van der Waals surface area contributed by atoms with Gasteiger partial charge in [-0.15, -0.1) is 0 Å². The average Bonchev–Trinajstić information content (AvgIpc) is 3.10. The lowest BCUT2D eigenvalue weighted by molar-refractivity contribution is 0.0918. The van der Waals surface area contributed by atoms with Crippen LogP contribution in [0.25, 0.3) is 0 Å². The summed E-state index contributed by atoms with van der Waals surface area (Å²) in [6.45, 7) is 0.267. The fourth-order valence-corrected chi connectivity index (χ4v) is 3.81. The van der Waals surface area contributed by atoms with E-state index in [1.165, 1.54) is 12.8 Å². The molecule has 0 aliphatic heterocycles. The molecule has 2 saturated carbocycles. The maximum atomic E-state index is 12.3. The van der Waals surface area contributed by atoms with Crippen LogP contribution >= 0.6 is 0 Å². The topological polar surface area (TPSA) is 71.5 Å². The number of aromatic nitrogens is 1. The van der Waals surface area contributed by atoms with Crippen molar-refractivity contribution in [1.29, 1.82) is 0 Å². The zero-order chi connectivity index (χ0) is 16.8. The Kier molecular flexibility index (Phi) is 6.07. The van der Waals surface area contributed by atoms with Gasteiger partial charge in [-0.3, -0.25) is 4.79 Å². The van der Waals surface area contributed by atoms with E-state index in [0.717, 1.165) is 44.9 Å². The number of carbonyl (C=O) groups is 1. The molecule has 2 aliphatic carbocycles. The minimum atomic E-state index is -0.0551. The molecule has 1 aromatic heterocycles. The summed E-state index contributed by atoms with van der Waals surface area (Å²) >= 11 is 0. The fraction of sp³-hybridized carbons (Fsp3) is 0.684. The molecule has 0 spiro atoms. The number of nitrogens with zero attached hydrogens (tertiary/aromatic N) is 1. The summed E-state index contributed by atoms with van der Waals surface area (Å²) < 4.78 is 5.83. The Morgan fingerprint density at radius 2 is 1.92 bits per heavy atom. The van der Waals surface area contributed by atoms with Gasteiger partial charge in [0.05, 0.1) is 5.56 Å². The highest BCUT2D eigenvalue weighted by Gasteiger charge is 2.22. The van der Waals surface area contributed by atoms with Crippen LogP contribution in [0.15, 0.2) is 18.3 Å². The van der Waals surface area contributed by atoms with E-state index in [-0.39, 0.29) is 24.7 Å². The highest BCUT2D eigenvalue weighted by Crippen LogP contribution is 2.27. The molecule has 2 fully saturated rings. The van der Waals surface area contributed by atoms with Gasteiger partial charge in [-0.1, -0.05) is 0 Å². The van der Waals surface area contributed by atoms with Gasteiger partial charge in [0.25, 0.3) is 5.91 Å². The number of carbonyl (C=O) groups excluding carboxylic acids is 1. The summed E-state index contributed by atoms with van der Waals surface area (Å²) in [5, 5.41) is 12.1. The van der Waals surface area contributed by atoms with E-state index in [0.29, 0.717) is 17.4 Å². The van der Waals surface area contributed by atoms with Gasteiger partial charge in [0.2, 0.25) is 5.88 Å². The Morgan fingerprint density at radius 1 is 1.17 bits per heavy atom. The van der Waals surface area contributed by atoms with Crippen LogP contribution < -0.4 is 10.1 Å². The molecular formula is C19H28N2O3. The number of nitrogens with one attached hydrogen (secondary N) is 1. The Balaban J connectivity index is 1.46. The molecule has 1 heterocycles. The molecule has 24 heavy (non-hydrogen) atoms. The quantitative estimate of drug-likeness (QED) is 0.840. The van der Waals surface area contributed by atoms with Crippen molar-refractivity contribution in [2.24, 2.45) is 5.92 Å². The summed E-state index contributed by atoms with van der Waals surface area (Å²) in [5.41, 5.74) is 0.589. The van der Waals surface area contributed by atoms with Gasteiger partial charge in [-0.2, -0.15) is 0 Å². The highest BCUT2D eigenvalue weighted by atomic mass is 16.5. The highest BCUT2D eigenvalue weighted by molar-refractivity contribution is 5.94. The van der Waals surface area contributed by atoms with Crippen LogP contribution in [-0.2, 0) is 0 Å². The predicted molar refractivity (Wildman–Crippen MR) is 92.0 cm³/mol. The fourth-order valence-electron chi connectivity index (χ4n) is 3.81. The van der Waals surface area contributed by atoms with Crippen molar-refractivity contribution in [3.05, 3.63) is 23.9 Å². The lowest BCUT2D eigenvalue weighted by atomic mass is 9.84. The van der Waals surface area contributed by atoms with Crippen LogP contribution in [0.5, 0.6) is 5.88 Å². The number of aliphatic hydroxyl groups excluding tert-OH is 1. The van der Waals surface area contributed by atoms with E-state index in [9.17, 15) is 4.79 Å². The van der Waals surface area contributed by atoms with Crippen molar-refractivity contribution >= 4 is 5.91 Å². The second-order valence-electron chi connectivity index (χ2n) is 7.11. The van der Waals surface area contributed by atoms with Gasteiger partial charge in [0, 0.05) is 24.9 Å². The zero-order valence-corrected chi connectivity index (χ0v) is 14.2. The van der Waals surface area contributed by atoms with E-state index in [4.69, 9.17) is 9.84 Å². The Bertz CT molecular complexity index is 518. The first kappa shape index (κ1) is 17.2. The van der Waals surface area contributed by atoms with Gasteiger partial charge in [0.15, 0.2) is 0 Å². The first-order valence-electron chi connectivity index (χ1n) is 9.29. The third-order valence-corrected chi connectivity index (χ3v) is 5.31. The van der Waals surface area contributed by atoms with Crippen LogP contribution in [0, 0.1) is 5.92 Å². The summed E-state index contributed by atoms with van der Waals surface area (Å²) in [6.07, 6.45) is 11.6. The Morgan fingerprint density at radius 3 is 2.54 bits per heavy atom. The molecule has 0 radical (unpaired) electrons. The second-order valence-corrected chi connectivity index (χ2v) is 7.11. The molecule has 0 aromatic carbocycles. The van der Waals surface area contributed by atoms with Crippen molar-refractivity contribution in [3.8, 4) is 5.88 Å². The van der Waals surface area contributed by atoms with Crippen LogP contribution in [0.3, 0.4) is 0 Å². The minimum absolute atomic E-state index is 0.0551. The van der Waals surface area contributed by atoms with Crippen molar-refractivity contribution in [3.63, 3.8) is 0 Å². The van der Waals surface area contributed by atoms with Gasteiger partial charge < -0.3 is 15.2 Å². The lowest BCUT2D eigenvalue weighted by Crippen LogP contribution is -2.37. The van der Waals surface area contributed by atoms with Crippen molar-refractivity contribution in [1.82, 2.24) is 10.3 Å². The third-order valence-electron chi connectivity index (χ3n) is 5.31. The third kappa shape index (κ3) is 4.69. The predicted octanol–water partition coefficient (Wildman–Crippen LogP) is 3.07. The number of ether oxygens (including phenoxy) is 1. The molecule has 5 nitrogen and oxygen atoms in total. The molecule has 0 bridgehead atoms. The number of hydrogen-bond donors (Lipinski definition) is 2. The first-order valence-corrected chi connectivity index (χ1v) is 9.29. The molecule has 1 amide bonds. The Labute approximate surface area is 143 Å². The first-order chi connectivity index (χ1) is 11.7. The monoisotopic (exact) mass is 332 g/mol. The molecule has 1 aromatic rings. The maximum Gasteiger partial charge on any atom is 0.253 e. The second kappa shape index (κ2) is 8.47. The molecule has 3 rings (SSSR count). The van der Waals surface area contributed by atoms with E-state index >= 15 is 0 Å². The van der Waals surface area contributed by atoms with E-state index in [1.807, 2.05) is 0 Å². The van der Waals surface area contributed by atoms with E-state index < -0.39 is 0 Å². The van der Waals surface area contributed by atoms with Gasteiger partial charge >= 0.3 is 0 Å². The van der Waals surface area contributed by atoms with Crippen molar-refractivity contribution < 1.29 is 14.6 Å². The SMILES string of the molecule is O=C(NC1CCC(CCO)CC1)c1ccc(OC2CCCC2)nc1. The van der Waals surface area contributed by atoms with E-state index in [1.54, 1.807) is 18.3 Å². The van der Waals surface area contributed by atoms with Crippen LogP contribution in [0.1, 0.15) is 68.1 Å². The minimum Gasteiger partial charge on any atom is -0.474 e. The number of hydrogen-bond acceptors (Lipinski definition) is 4. The average molecular weight is 332 g/mol. The van der Waals surface area contributed by atoms with Crippen LogP contribution in [0.4, 0.5) is 0 Å². The zero-order valence-electron chi connectivity index (χ0n) is 14.2. The summed E-state index contributed by atoms with van der Waals surface area (Å²) in [4.78, 5) is 16.6. The Hall–Kier alpha value is -1.62. The molecular weight excluding hydrogens is 304 g/mol. The van der Waals surface area contributed by atoms with Gasteiger partial charge in [-0.05, 0) is 69.8 Å². The number of pyridine rings is 1. The molecule has 0 saturated heterocycles. The van der Waals surface area contributed by atoms with Crippen LogP contribution in [-0.4, -0.2) is 34.8 Å². The van der Waals surface area contributed by atoms with Crippen molar-refractivity contribution in [2.75, 3.05) is 6.61 Å². The standard InChI is InChI=1S/C19H28N2O3/c22-12-11-14-5-8-16(9-6-14)21-19(23)15-7-10-18(20-13-15)24-17-3-1-2-4-17/h7,10,13-14,16-17,22H,1-6,8-9,11-12H2,(H,21,23). The summed E-state index contributed by atoms with van der Waals surface area (Å²) in [5.74, 6) is 1.17. The van der Waals surface area contributed by atoms with Crippen molar-refractivity contribution in [2.45, 2.75) is 69.9 Å². The maximum absolute atomic E-state index is 12.3. The molecule has 2 aliphatic rings. The number of aliphatic hydroxyl groups is 1. The molecule has 2 N–H and O–H groups in total. The van der Waals surface area contributed by atoms with Gasteiger partial charge in [0.1, 0.15) is 6.10 Å². The van der Waals surface area contributed by atoms with E-state index in [2.05, 4.69) is 10.3 Å². The number of rotatable bonds is 6.